The molecule has 2 aromatic rings. The second-order valence-corrected chi connectivity index (χ2v) is 6.74. The number of ether oxygens (including phenoxy) is 3. The lowest BCUT2D eigenvalue weighted by Gasteiger charge is -2.15. The fraction of sp³-hybridized carbons (Fsp3) is 0.312. The molecule has 3 rings (SSSR count). The van der Waals surface area contributed by atoms with Crippen LogP contribution in [0, 0.1) is 11.3 Å². The van der Waals surface area contributed by atoms with Crippen molar-refractivity contribution in [2.45, 2.75) is 11.4 Å². The van der Waals surface area contributed by atoms with Crippen molar-refractivity contribution < 1.29 is 14.2 Å². The summed E-state index contributed by atoms with van der Waals surface area (Å²) in [5.74, 6) is 0.490. The number of rotatable bonds is 5. The number of hydrogen-bond donors (Lipinski definition) is 1. The average Bonchev–Trinajstić information content (AvgIpc) is 3.13. The Morgan fingerprint density at radius 2 is 2.24 bits per heavy atom. The highest BCUT2D eigenvalue weighted by Crippen LogP contribution is 2.33. The van der Waals surface area contributed by atoms with Crippen LogP contribution < -0.4 is 10.3 Å². The summed E-state index contributed by atoms with van der Waals surface area (Å²) in [7, 11) is 0. The van der Waals surface area contributed by atoms with Gasteiger partial charge in [0.25, 0.3) is 5.56 Å². The number of halogens is 1. The highest BCUT2D eigenvalue weighted by molar-refractivity contribution is 9.10. The Balaban J connectivity index is 2.04. The van der Waals surface area contributed by atoms with E-state index in [1.807, 2.05) is 12.1 Å². The van der Waals surface area contributed by atoms with E-state index >= 15 is 0 Å². The van der Waals surface area contributed by atoms with Crippen LogP contribution in [0.3, 0.4) is 0 Å². The second-order valence-electron chi connectivity index (χ2n) is 5.03. The summed E-state index contributed by atoms with van der Waals surface area (Å²) >= 11 is 4.69. The fourth-order valence-corrected chi connectivity index (χ4v) is 3.06. The van der Waals surface area contributed by atoms with Crippen molar-refractivity contribution in [2.24, 2.45) is 0 Å². The van der Waals surface area contributed by atoms with Gasteiger partial charge < -0.3 is 19.2 Å². The normalized spacial score (nSPS) is 14.4. The van der Waals surface area contributed by atoms with Gasteiger partial charge in [-0.15, -0.1) is 0 Å². The Hall–Kier alpha value is -1.86. The number of benzene rings is 1. The van der Waals surface area contributed by atoms with Crippen molar-refractivity contribution in [1.29, 1.82) is 5.26 Å². The monoisotopic (exact) mass is 423 g/mol. The summed E-state index contributed by atoms with van der Waals surface area (Å²) in [4.78, 5) is 19.1. The minimum atomic E-state index is -0.481. The Kier molecular flexibility index (Phi) is 5.75. The first kappa shape index (κ1) is 17.9. The minimum Gasteiger partial charge on any atom is -0.488 e. The van der Waals surface area contributed by atoms with Crippen LogP contribution >= 0.6 is 27.7 Å². The maximum Gasteiger partial charge on any atom is 0.270 e. The zero-order valence-corrected chi connectivity index (χ0v) is 15.6. The van der Waals surface area contributed by atoms with E-state index in [2.05, 4.69) is 25.9 Å². The van der Waals surface area contributed by atoms with Crippen molar-refractivity contribution in [3.63, 3.8) is 0 Å². The predicted molar refractivity (Wildman–Crippen MR) is 95.7 cm³/mol. The number of nitriles is 1. The molecule has 0 bridgehead atoms. The standard InChI is InChI=1S/C16H14BrN3O4S/c1-25-16-19-14(11(7-18)15(21)20-16)10-6-9(17)2-3-12(10)24-8-13-22-4-5-23-13/h2-3,6,13H,4-5,8H2,1H3,(H,19,20,21). The SMILES string of the molecule is CSc1nc(-c2cc(Br)ccc2OCC2OCCO2)c(C#N)c(=O)[nH]1. The minimum absolute atomic E-state index is 0.0610. The summed E-state index contributed by atoms with van der Waals surface area (Å²) in [6, 6.07) is 7.24. The van der Waals surface area contributed by atoms with Gasteiger partial charge >= 0.3 is 0 Å². The van der Waals surface area contributed by atoms with Crippen molar-refractivity contribution >= 4 is 27.7 Å². The van der Waals surface area contributed by atoms with Crippen LogP contribution in [0.25, 0.3) is 11.3 Å². The van der Waals surface area contributed by atoms with Gasteiger partial charge in [0.15, 0.2) is 11.4 Å². The number of aromatic amines is 1. The van der Waals surface area contributed by atoms with Crippen LogP contribution in [-0.2, 0) is 9.47 Å². The Morgan fingerprint density at radius 1 is 1.48 bits per heavy atom. The molecule has 0 spiro atoms. The number of aromatic nitrogens is 2. The predicted octanol–water partition coefficient (Wildman–Crippen LogP) is 2.54. The lowest BCUT2D eigenvalue weighted by molar-refractivity contribution is -0.0683. The van der Waals surface area contributed by atoms with Crippen LogP contribution in [0.2, 0.25) is 0 Å². The molecule has 0 atom stereocenters. The smallest absolute Gasteiger partial charge is 0.270 e. The molecule has 0 amide bonds. The average molecular weight is 424 g/mol. The molecule has 0 unspecified atom stereocenters. The van der Waals surface area contributed by atoms with Crippen molar-refractivity contribution in [1.82, 2.24) is 9.97 Å². The van der Waals surface area contributed by atoms with Crippen molar-refractivity contribution in [3.8, 4) is 23.1 Å². The van der Waals surface area contributed by atoms with Gasteiger partial charge in [0, 0.05) is 10.0 Å². The van der Waals surface area contributed by atoms with E-state index in [1.165, 1.54) is 11.8 Å². The lowest BCUT2D eigenvalue weighted by Crippen LogP contribution is -2.19. The zero-order chi connectivity index (χ0) is 17.8. The molecule has 0 saturated carbocycles. The van der Waals surface area contributed by atoms with Gasteiger partial charge in [0.05, 0.1) is 13.2 Å². The molecular formula is C16H14BrN3O4S. The Morgan fingerprint density at radius 3 is 2.92 bits per heavy atom. The van der Waals surface area contributed by atoms with E-state index in [9.17, 15) is 10.1 Å². The van der Waals surface area contributed by atoms with Crippen molar-refractivity contribution in [2.75, 3.05) is 26.1 Å². The lowest BCUT2D eigenvalue weighted by atomic mass is 10.1. The molecular weight excluding hydrogens is 410 g/mol. The highest BCUT2D eigenvalue weighted by Gasteiger charge is 2.20. The molecule has 1 fully saturated rings. The third-order valence-corrected chi connectivity index (χ3v) is 4.54. The van der Waals surface area contributed by atoms with E-state index in [1.54, 1.807) is 18.4 Å². The van der Waals surface area contributed by atoms with Crippen LogP contribution in [0.15, 0.2) is 32.6 Å². The van der Waals surface area contributed by atoms with Gasteiger partial charge in [0.2, 0.25) is 0 Å². The van der Waals surface area contributed by atoms with Crippen molar-refractivity contribution in [3.05, 3.63) is 38.6 Å². The van der Waals surface area contributed by atoms with E-state index < -0.39 is 11.8 Å². The zero-order valence-electron chi connectivity index (χ0n) is 13.2. The molecule has 2 heterocycles. The molecule has 7 nitrogen and oxygen atoms in total. The number of hydrogen-bond acceptors (Lipinski definition) is 7. The summed E-state index contributed by atoms with van der Waals surface area (Å²) < 4.78 is 17.3. The highest BCUT2D eigenvalue weighted by atomic mass is 79.9. The number of H-pyrrole nitrogens is 1. The molecule has 0 radical (unpaired) electrons. The van der Waals surface area contributed by atoms with Gasteiger partial charge in [-0.3, -0.25) is 4.79 Å². The van der Waals surface area contributed by atoms with E-state index in [0.29, 0.717) is 29.7 Å². The van der Waals surface area contributed by atoms with Crippen LogP contribution in [-0.4, -0.2) is 42.3 Å². The molecule has 1 aliphatic rings. The maximum absolute atomic E-state index is 12.2. The number of thioether (sulfide) groups is 1. The summed E-state index contributed by atoms with van der Waals surface area (Å²) in [6.07, 6.45) is 1.36. The van der Waals surface area contributed by atoms with E-state index in [-0.39, 0.29) is 17.9 Å². The summed E-state index contributed by atoms with van der Waals surface area (Å²) in [6.45, 7) is 1.27. The first-order valence-corrected chi connectivity index (χ1v) is 9.38. The molecule has 1 saturated heterocycles. The Labute approximate surface area is 156 Å². The third-order valence-electron chi connectivity index (χ3n) is 3.47. The molecule has 1 aromatic carbocycles. The molecule has 130 valence electrons. The van der Waals surface area contributed by atoms with E-state index in [0.717, 1.165) is 4.47 Å². The molecule has 1 N–H and O–H groups in total. The topological polar surface area (TPSA) is 97.2 Å². The first-order valence-electron chi connectivity index (χ1n) is 7.36. The van der Waals surface area contributed by atoms with Gasteiger partial charge in [-0.1, -0.05) is 27.7 Å². The van der Waals surface area contributed by atoms with Crippen LogP contribution in [0.4, 0.5) is 0 Å². The number of nitrogens with zero attached hydrogens (tertiary/aromatic N) is 2. The molecule has 1 aliphatic heterocycles. The Bertz CT molecular complexity index is 875. The maximum atomic E-state index is 12.2. The van der Waals surface area contributed by atoms with Gasteiger partial charge in [-0.05, 0) is 24.5 Å². The van der Waals surface area contributed by atoms with Crippen LogP contribution in [0.1, 0.15) is 5.56 Å². The van der Waals surface area contributed by atoms with Gasteiger partial charge in [-0.2, -0.15) is 5.26 Å². The fourth-order valence-electron chi connectivity index (χ4n) is 2.32. The first-order chi connectivity index (χ1) is 12.1. The molecule has 25 heavy (non-hydrogen) atoms. The second kappa shape index (κ2) is 8.01. The van der Waals surface area contributed by atoms with Gasteiger partial charge in [0.1, 0.15) is 29.7 Å². The van der Waals surface area contributed by atoms with Crippen LogP contribution in [0.5, 0.6) is 5.75 Å². The third kappa shape index (κ3) is 4.04. The molecule has 9 heteroatoms. The summed E-state index contributed by atoms with van der Waals surface area (Å²) in [5, 5.41) is 9.80. The van der Waals surface area contributed by atoms with E-state index in [4.69, 9.17) is 14.2 Å². The number of nitrogens with one attached hydrogen (secondary N) is 1. The largest absolute Gasteiger partial charge is 0.488 e. The summed E-state index contributed by atoms with van der Waals surface area (Å²) in [5.41, 5.74) is 0.282. The molecule has 1 aromatic heterocycles. The van der Waals surface area contributed by atoms with Gasteiger partial charge in [-0.25, -0.2) is 4.98 Å². The quantitative estimate of drug-likeness (QED) is 0.582. The molecule has 0 aliphatic carbocycles.